The molecule has 3 aromatic rings. The SMILES string of the molecule is Cc1ccc([C@@H](NC(=O)c2ccc(OC(F)F)cc2)c2cccs2)cc1. The maximum Gasteiger partial charge on any atom is 0.387 e. The van der Waals surface area contributed by atoms with Crippen LogP contribution in [0.15, 0.2) is 66.0 Å². The van der Waals surface area contributed by atoms with Crippen molar-refractivity contribution in [3.8, 4) is 5.75 Å². The van der Waals surface area contributed by atoms with Crippen LogP contribution in [0.25, 0.3) is 0 Å². The Morgan fingerprint density at radius 2 is 1.73 bits per heavy atom. The molecule has 0 radical (unpaired) electrons. The zero-order valence-electron chi connectivity index (χ0n) is 14.0. The predicted molar refractivity (Wildman–Crippen MR) is 97.9 cm³/mol. The molecule has 3 rings (SSSR count). The van der Waals surface area contributed by atoms with Crippen LogP contribution in [0, 0.1) is 6.92 Å². The Morgan fingerprint density at radius 3 is 2.31 bits per heavy atom. The third kappa shape index (κ3) is 4.46. The molecular weight excluding hydrogens is 356 g/mol. The molecule has 1 amide bonds. The van der Waals surface area contributed by atoms with E-state index in [2.05, 4.69) is 10.1 Å². The normalized spacial score (nSPS) is 12.0. The quantitative estimate of drug-likeness (QED) is 0.647. The van der Waals surface area contributed by atoms with Gasteiger partial charge in [0.15, 0.2) is 0 Å². The van der Waals surface area contributed by atoms with E-state index >= 15 is 0 Å². The highest BCUT2D eigenvalue weighted by Gasteiger charge is 2.19. The van der Waals surface area contributed by atoms with Crippen LogP contribution >= 0.6 is 11.3 Å². The molecule has 0 saturated heterocycles. The predicted octanol–water partition coefficient (Wildman–Crippen LogP) is 5.18. The lowest BCUT2D eigenvalue weighted by atomic mass is 10.0. The highest BCUT2D eigenvalue weighted by molar-refractivity contribution is 7.10. The van der Waals surface area contributed by atoms with E-state index in [1.165, 1.54) is 24.3 Å². The molecule has 1 aromatic heterocycles. The zero-order chi connectivity index (χ0) is 18.5. The topological polar surface area (TPSA) is 38.3 Å². The molecule has 3 nitrogen and oxygen atoms in total. The lowest BCUT2D eigenvalue weighted by Crippen LogP contribution is -2.28. The van der Waals surface area contributed by atoms with E-state index in [0.29, 0.717) is 5.56 Å². The number of carbonyl (C=O) groups excluding carboxylic acids is 1. The van der Waals surface area contributed by atoms with Gasteiger partial charge in [0.2, 0.25) is 0 Å². The number of hydrogen-bond donors (Lipinski definition) is 1. The molecule has 2 aromatic carbocycles. The van der Waals surface area contributed by atoms with Crippen molar-refractivity contribution in [1.29, 1.82) is 0 Å². The summed E-state index contributed by atoms with van der Waals surface area (Å²) in [6.07, 6.45) is 0. The van der Waals surface area contributed by atoms with Gasteiger partial charge in [-0.15, -0.1) is 11.3 Å². The van der Waals surface area contributed by atoms with E-state index in [1.807, 2.05) is 48.7 Å². The van der Waals surface area contributed by atoms with Gasteiger partial charge >= 0.3 is 6.61 Å². The molecule has 0 unspecified atom stereocenters. The summed E-state index contributed by atoms with van der Waals surface area (Å²) < 4.78 is 28.8. The van der Waals surface area contributed by atoms with Crippen LogP contribution in [0.4, 0.5) is 8.78 Å². The molecule has 1 atom stereocenters. The van der Waals surface area contributed by atoms with Gasteiger partial charge in [-0.1, -0.05) is 35.9 Å². The van der Waals surface area contributed by atoms with Gasteiger partial charge in [0.1, 0.15) is 5.75 Å². The van der Waals surface area contributed by atoms with Gasteiger partial charge in [0.25, 0.3) is 5.91 Å². The summed E-state index contributed by atoms with van der Waals surface area (Å²) in [5, 5.41) is 4.97. The summed E-state index contributed by atoms with van der Waals surface area (Å²) in [5.74, 6) is -0.266. The van der Waals surface area contributed by atoms with Gasteiger partial charge in [0, 0.05) is 10.4 Å². The average molecular weight is 373 g/mol. The van der Waals surface area contributed by atoms with Crippen molar-refractivity contribution in [1.82, 2.24) is 5.32 Å². The summed E-state index contributed by atoms with van der Waals surface area (Å²) in [4.78, 5) is 13.6. The fourth-order valence-corrected chi connectivity index (χ4v) is 3.34. The first-order valence-electron chi connectivity index (χ1n) is 7.98. The van der Waals surface area contributed by atoms with Gasteiger partial charge in [-0.2, -0.15) is 8.78 Å². The second-order valence-corrected chi connectivity index (χ2v) is 6.71. The summed E-state index contributed by atoms with van der Waals surface area (Å²) in [6, 6.07) is 17.2. The van der Waals surface area contributed by atoms with Crippen molar-refractivity contribution >= 4 is 17.2 Å². The molecule has 0 aliphatic carbocycles. The molecule has 0 fully saturated rings. The molecule has 0 bridgehead atoms. The number of halogens is 2. The van der Waals surface area contributed by atoms with Crippen molar-refractivity contribution in [3.05, 3.63) is 87.6 Å². The molecule has 26 heavy (non-hydrogen) atoms. The molecule has 0 spiro atoms. The number of thiophene rings is 1. The van der Waals surface area contributed by atoms with Crippen LogP contribution in [0.3, 0.4) is 0 Å². The van der Waals surface area contributed by atoms with Crippen molar-refractivity contribution in [2.24, 2.45) is 0 Å². The van der Waals surface area contributed by atoms with Gasteiger partial charge in [-0.3, -0.25) is 4.79 Å². The maximum atomic E-state index is 12.6. The third-order valence-corrected chi connectivity index (χ3v) is 4.79. The highest BCUT2D eigenvalue weighted by atomic mass is 32.1. The Bertz CT molecular complexity index is 847. The van der Waals surface area contributed by atoms with E-state index < -0.39 is 6.61 Å². The second-order valence-electron chi connectivity index (χ2n) is 5.74. The number of carbonyl (C=O) groups is 1. The van der Waals surface area contributed by atoms with Crippen LogP contribution in [-0.2, 0) is 0 Å². The summed E-state index contributed by atoms with van der Waals surface area (Å²) in [6.45, 7) is -0.884. The summed E-state index contributed by atoms with van der Waals surface area (Å²) >= 11 is 1.56. The van der Waals surface area contributed by atoms with Crippen molar-refractivity contribution in [2.75, 3.05) is 0 Å². The van der Waals surface area contributed by atoms with Crippen molar-refractivity contribution in [2.45, 2.75) is 19.6 Å². The fourth-order valence-electron chi connectivity index (χ4n) is 2.54. The minimum absolute atomic E-state index is 0.0184. The largest absolute Gasteiger partial charge is 0.435 e. The Kier molecular flexibility index (Phi) is 5.63. The number of rotatable bonds is 6. The Morgan fingerprint density at radius 1 is 1.04 bits per heavy atom. The smallest absolute Gasteiger partial charge is 0.387 e. The van der Waals surface area contributed by atoms with E-state index in [-0.39, 0.29) is 17.7 Å². The number of alkyl halides is 2. The lowest BCUT2D eigenvalue weighted by molar-refractivity contribution is -0.0498. The molecule has 0 aliphatic rings. The summed E-state index contributed by atoms with van der Waals surface area (Å²) in [7, 11) is 0. The zero-order valence-corrected chi connectivity index (χ0v) is 14.8. The van der Waals surface area contributed by atoms with E-state index in [0.717, 1.165) is 16.0 Å². The van der Waals surface area contributed by atoms with Gasteiger partial charge in [0.05, 0.1) is 6.04 Å². The molecule has 0 saturated carbocycles. The number of benzene rings is 2. The van der Waals surface area contributed by atoms with Crippen LogP contribution in [0.5, 0.6) is 5.75 Å². The summed E-state index contributed by atoms with van der Waals surface area (Å²) in [5.41, 5.74) is 2.49. The first-order valence-corrected chi connectivity index (χ1v) is 8.86. The third-order valence-electron chi connectivity index (χ3n) is 3.86. The number of ether oxygens (including phenoxy) is 1. The van der Waals surface area contributed by atoms with Crippen LogP contribution < -0.4 is 10.1 Å². The molecule has 134 valence electrons. The first kappa shape index (κ1) is 18.1. The van der Waals surface area contributed by atoms with Crippen LogP contribution in [0.2, 0.25) is 0 Å². The first-order chi connectivity index (χ1) is 12.5. The van der Waals surface area contributed by atoms with Gasteiger partial charge < -0.3 is 10.1 Å². The van der Waals surface area contributed by atoms with Crippen LogP contribution in [0.1, 0.15) is 32.4 Å². The molecule has 1 heterocycles. The molecule has 6 heteroatoms. The van der Waals surface area contributed by atoms with Crippen LogP contribution in [-0.4, -0.2) is 12.5 Å². The maximum absolute atomic E-state index is 12.6. The van der Waals surface area contributed by atoms with Gasteiger partial charge in [-0.25, -0.2) is 0 Å². The van der Waals surface area contributed by atoms with Crippen molar-refractivity contribution < 1.29 is 18.3 Å². The van der Waals surface area contributed by atoms with Gasteiger partial charge in [-0.05, 0) is 48.2 Å². The lowest BCUT2D eigenvalue weighted by Gasteiger charge is -2.18. The number of hydrogen-bond acceptors (Lipinski definition) is 3. The van der Waals surface area contributed by atoms with Crippen molar-refractivity contribution in [3.63, 3.8) is 0 Å². The Labute approximate surface area is 154 Å². The monoisotopic (exact) mass is 373 g/mol. The van der Waals surface area contributed by atoms with E-state index in [9.17, 15) is 13.6 Å². The molecular formula is C20H17F2NO2S. The van der Waals surface area contributed by atoms with E-state index in [4.69, 9.17) is 0 Å². The number of nitrogens with one attached hydrogen (secondary N) is 1. The number of aryl methyl sites for hydroxylation is 1. The molecule has 0 aliphatic heterocycles. The van der Waals surface area contributed by atoms with E-state index in [1.54, 1.807) is 11.3 Å². The standard InChI is InChI=1S/C20H17F2NO2S/c1-13-4-6-14(7-5-13)18(17-3-2-12-26-17)23-19(24)15-8-10-16(11-9-15)25-20(21)22/h2-12,18,20H,1H3,(H,23,24)/t18-/m1/s1. The highest BCUT2D eigenvalue weighted by Crippen LogP contribution is 2.27. The molecule has 1 N–H and O–H groups in total. The Hall–Kier alpha value is -2.73. The number of amides is 1. The fraction of sp³-hybridized carbons (Fsp3) is 0.150. The minimum atomic E-state index is -2.89. The minimum Gasteiger partial charge on any atom is -0.435 e. The Balaban J connectivity index is 1.80. The average Bonchev–Trinajstić information content (AvgIpc) is 3.15. The second kappa shape index (κ2) is 8.10.